The maximum absolute atomic E-state index is 11.3. The molecular formula is C7H17NO3S. The molecule has 0 saturated heterocycles. The molecule has 0 spiro atoms. The summed E-state index contributed by atoms with van der Waals surface area (Å²) in [4.78, 5) is 0. The zero-order chi connectivity index (χ0) is 9.61. The first kappa shape index (κ1) is 11.9. The summed E-state index contributed by atoms with van der Waals surface area (Å²) in [5.41, 5.74) is 0. The van der Waals surface area contributed by atoms with Crippen molar-refractivity contribution in [1.29, 1.82) is 0 Å². The molecule has 0 aromatic carbocycles. The van der Waals surface area contributed by atoms with Crippen LogP contribution in [-0.4, -0.2) is 45.8 Å². The summed E-state index contributed by atoms with van der Waals surface area (Å²) in [5.74, 6) is 0.215. The minimum Gasteiger partial charge on any atom is -0.383 e. The smallest absolute Gasteiger partial charge is 0.213 e. The predicted octanol–water partition coefficient (Wildman–Crippen LogP) is 0.304. The van der Waals surface area contributed by atoms with Gasteiger partial charge in [-0.05, 0) is 6.42 Å². The topological polar surface area (TPSA) is 46.6 Å². The maximum Gasteiger partial charge on any atom is 0.213 e. The van der Waals surface area contributed by atoms with Crippen molar-refractivity contribution in [3.63, 3.8) is 0 Å². The van der Waals surface area contributed by atoms with Crippen molar-refractivity contribution in [3.8, 4) is 0 Å². The van der Waals surface area contributed by atoms with Gasteiger partial charge in [-0.1, -0.05) is 6.92 Å². The largest absolute Gasteiger partial charge is 0.383 e. The molecule has 0 radical (unpaired) electrons. The van der Waals surface area contributed by atoms with Gasteiger partial charge >= 0.3 is 0 Å². The summed E-state index contributed by atoms with van der Waals surface area (Å²) in [6.07, 6.45) is 0.652. The van der Waals surface area contributed by atoms with Crippen molar-refractivity contribution in [2.45, 2.75) is 13.3 Å². The Morgan fingerprint density at radius 2 is 2.00 bits per heavy atom. The first-order valence-electron chi connectivity index (χ1n) is 3.97. The normalized spacial score (nSPS) is 12.3. The van der Waals surface area contributed by atoms with E-state index in [4.69, 9.17) is 4.74 Å². The van der Waals surface area contributed by atoms with E-state index in [1.54, 1.807) is 14.2 Å². The Morgan fingerprint density at radius 1 is 1.42 bits per heavy atom. The number of likely N-dealkylation sites (N-methyl/N-ethyl adjacent to an activating group) is 1. The summed E-state index contributed by atoms with van der Waals surface area (Å²) < 4.78 is 28.7. The fourth-order valence-corrected chi connectivity index (χ4v) is 1.95. The molecule has 0 rings (SSSR count). The molecule has 0 heterocycles. The number of hydrogen-bond acceptors (Lipinski definition) is 3. The lowest BCUT2D eigenvalue weighted by atomic mass is 10.6. The van der Waals surface area contributed by atoms with Crippen LogP contribution in [0.4, 0.5) is 0 Å². The molecule has 0 saturated carbocycles. The van der Waals surface area contributed by atoms with Gasteiger partial charge < -0.3 is 4.74 Å². The molecule has 5 heteroatoms. The third kappa shape index (κ3) is 4.04. The van der Waals surface area contributed by atoms with Gasteiger partial charge in [0.2, 0.25) is 10.0 Å². The fraction of sp³-hybridized carbons (Fsp3) is 1.00. The minimum atomic E-state index is -3.03. The molecule has 0 bridgehead atoms. The second kappa shape index (κ2) is 5.50. The molecule has 0 atom stereocenters. The van der Waals surface area contributed by atoms with Gasteiger partial charge in [0.15, 0.2) is 0 Å². The Kier molecular flexibility index (Phi) is 5.44. The van der Waals surface area contributed by atoms with Crippen LogP contribution in [0.5, 0.6) is 0 Å². The van der Waals surface area contributed by atoms with Crippen LogP contribution in [0.15, 0.2) is 0 Å². The molecule has 12 heavy (non-hydrogen) atoms. The molecule has 0 aromatic heterocycles. The van der Waals surface area contributed by atoms with Crippen LogP contribution in [0.1, 0.15) is 13.3 Å². The maximum atomic E-state index is 11.3. The van der Waals surface area contributed by atoms with Crippen molar-refractivity contribution in [2.75, 3.05) is 33.1 Å². The van der Waals surface area contributed by atoms with Crippen molar-refractivity contribution in [1.82, 2.24) is 4.31 Å². The SMILES string of the molecule is CCCS(=O)(=O)N(C)CCOC. The molecule has 0 unspecified atom stereocenters. The van der Waals surface area contributed by atoms with E-state index in [9.17, 15) is 8.42 Å². The number of hydrogen-bond donors (Lipinski definition) is 0. The van der Waals surface area contributed by atoms with E-state index in [1.807, 2.05) is 6.92 Å². The highest BCUT2D eigenvalue weighted by Gasteiger charge is 2.15. The van der Waals surface area contributed by atoms with Gasteiger partial charge in [0.1, 0.15) is 0 Å². The van der Waals surface area contributed by atoms with Crippen LogP contribution in [0.3, 0.4) is 0 Å². The van der Waals surface area contributed by atoms with Crippen LogP contribution >= 0.6 is 0 Å². The summed E-state index contributed by atoms with van der Waals surface area (Å²) in [7, 11) is 0.1000. The Balaban J connectivity index is 3.98. The second-order valence-electron chi connectivity index (χ2n) is 2.63. The third-order valence-corrected chi connectivity index (χ3v) is 3.60. The van der Waals surface area contributed by atoms with E-state index in [0.29, 0.717) is 19.6 Å². The second-order valence-corrected chi connectivity index (χ2v) is 4.83. The van der Waals surface area contributed by atoms with E-state index in [1.165, 1.54) is 4.31 Å². The Bertz CT molecular complexity index is 201. The quantitative estimate of drug-likeness (QED) is 0.612. The molecular weight excluding hydrogens is 178 g/mol. The van der Waals surface area contributed by atoms with Crippen molar-refractivity contribution < 1.29 is 13.2 Å². The number of methoxy groups -OCH3 is 1. The van der Waals surface area contributed by atoms with Gasteiger partial charge in [-0.25, -0.2) is 12.7 Å². The van der Waals surface area contributed by atoms with E-state index in [0.717, 1.165) is 0 Å². The highest BCUT2D eigenvalue weighted by molar-refractivity contribution is 7.89. The summed E-state index contributed by atoms with van der Waals surface area (Å²) in [6, 6.07) is 0. The van der Waals surface area contributed by atoms with Gasteiger partial charge in [-0.15, -0.1) is 0 Å². The van der Waals surface area contributed by atoms with Crippen LogP contribution in [0.2, 0.25) is 0 Å². The molecule has 0 N–H and O–H groups in total. The minimum absolute atomic E-state index is 0.215. The lowest BCUT2D eigenvalue weighted by molar-refractivity contribution is 0.185. The number of nitrogens with zero attached hydrogens (tertiary/aromatic N) is 1. The fourth-order valence-electron chi connectivity index (χ4n) is 0.773. The van der Waals surface area contributed by atoms with Crippen LogP contribution < -0.4 is 0 Å². The molecule has 0 aliphatic heterocycles. The molecule has 0 amide bonds. The monoisotopic (exact) mass is 195 g/mol. The predicted molar refractivity (Wildman–Crippen MR) is 48.6 cm³/mol. The summed E-state index contributed by atoms with van der Waals surface area (Å²) in [5, 5.41) is 0. The van der Waals surface area contributed by atoms with E-state index >= 15 is 0 Å². The van der Waals surface area contributed by atoms with Crippen molar-refractivity contribution in [2.24, 2.45) is 0 Å². The molecule has 0 aromatic rings. The summed E-state index contributed by atoms with van der Waals surface area (Å²) >= 11 is 0. The van der Waals surface area contributed by atoms with E-state index in [2.05, 4.69) is 0 Å². The average molecular weight is 195 g/mol. The first-order valence-corrected chi connectivity index (χ1v) is 5.58. The Labute approximate surface area is 74.6 Å². The van der Waals surface area contributed by atoms with Gasteiger partial charge in [0.05, 0.1) is 12.4 Å². The van der Waals surface area contributed by atoms with Gasteiger partial charge in [-0.2, -0.15) is 0 Å². The molecule has 74 valence electrons. The molecule has 0 fully saturated rings. The lowest BCUT2D eigenvalue weighted by Crippen LogP contribution is -2.31. The Hall–Kier alpha value is -0.130. The lowest BCUT2D eigenvalue weighted by Gasteiger charge is -2.15. The van der Waals surface area contributed by atoms with Gasteiger partial charge in [0.25, 0.3) is 0 Å². The van der Waals surface area contributed by atoms with Gasteiger partial charge in [-0.3, -0.25) is 0 Å². The average Bonchev–Trinajstić information content (AvgIpc) is 2.00. The molecule has 0 aliphatic carbocycles. The van der Waals surface area contributed by atoms with Gasteiger partial charge in [0, 0.05) is 20.7 Å². The van der Waals surface area contributed by atoms with Crippen LogP contribution in [0.25, 0.3) is 0 Å². The van der Waals surface area contributed by atoms with Crippen molar-refractivity contribution in [3.05, 3.63) is 0 Å². The van der Waals surface area contributed by atoms with E-state index in [-0.39, 0.29) is 5.75 Å². The summed E-state index contributed by atoms with van der Waals surface area (Å²) in [6.45, 7) is 2.72. The highest BCUT2D eigenvalue weighted by atomic mass is 32.2. The van der Waals surface area contributed by atoms with Crippen LogP contribution in [0, 0.1) is 0 Å². The third-order valence-electron chi connectivity index (χ3n) is 1.55. The molecule has 4 nitrogen and oxygen atoms in total. The zero-order valence-electron chi connectivity index (χ0n) is 7.91. The molecule has 0 aliphatic rings. The highest BCUT2D eigenvalue weighted by Crippen LogP contribution is 1.99. The number of rotatable bonds is 6. The van der Waals surface area contributed by atoms with E-state index < -0.39 is 10.0 Å². The van der Waals surface area contributed by atoms with Crippen LogP contribution in [-0.2, 0) is 14.8 Å². The van der Waals surface area contributed by atoms with Crippen molar-refractivity contribution >= 4 is 10.0 Å². The standard InChI is InChI=1S/C7H17NO3S/c1-4-7-12(9,10)8(2)5-6-11-3/h4-7H2,1-3H3. The Morgan fingerprint density at radius 3 is 2.42 bits per heavy atom. The zero-order valence-corrected chi connectivity index (χ0v) is 8.73. The number of sulfonamides is 1. The number of ether oxygens (including phenoxy) is 1. The first-order chi connectivity index (χ1) is 5.54.